The molecule has 148 valence electrons. The van der Waals surface area contributed by atoms with Crippen LogP contribution in [0.2, 0.25) is 0 Å². The van der Waals surface area contributed by atoms with Gasteiger partial charge in [-0.3, -0.25) is 9.89 Å². The van der Waals surface area contributed by atoms with Crippen LogP contribution in [0.3, 0.4) is 0 Å². The van der Waals surface area contributed by atoms with E-state index >= 15 is 0 Å². The van der Waals surface area contributed by atoms with Crippen LogP contribution < -0.4 is 5.56 Å². The van der Waals surface area contributed by atoms with Crippen molar-refractivity contribution in [3.05, 3.63) is 75.6 Å². The van der Waals surface area contributed by atoms with Gasteiger partial charge in [-0.05, 0) is 24.1 Å². The van der Waals surface area contributed by atoms with Crippen LogP contribution in [-0.4, -0.2) is 46.8 Å². The maximum absolute atomic E-state index is 12.9. The van der Waals surface area contributed by atoms with Crippen LogP contribution in [-0.2, 0) is 10.0 Å². The monoisotopic (exact) mass is 409 g/mol. The number of aryl methyl sites for hydroxylation is 1. The average Bonchev–Trinajstić information content (AvgIpc) is 2.94. The minimum atomic E-state index is -3.15. The van der Waals surface area contributed by atoms with E-state index in [2.05, 4.69) is 14.9 Å². The molecule has 3 aromatic rings. The summed E-state index contributed by atoms with van der Waals surface area (Å²) in [5.41, 5.74) is 3.23. The molecule has 0 bridgehead atoms. The van der Waals surface area contributed by atoms with Gasteiger partial charge in [-0.2, -0.15) is 0 Å². The van der Waals surface area contributed by atoms with Crippen molar-refractivity contribution in [2.75, 3.05) is 19.3 Å². The number of aromatic nitrogens is 3. The molecule has 0 spiro atoms. The SMILES string of the molecule is [C-]#[N+]c1ccc(-c2c(C)[nH]n(-c3ccc(C4CN(S(C)(=O)=O)C4)cn3)c2=O)cc1. The molecule has 0 aliphatic carbocycles. The zero-order chi connectivity index (χ0) is 20.8. The summed E-state index contributed by atoms with van der Waals surface area (Å²) in [5, 5.41) is 3.05. The summed E-state index contributed by atoms with van der Waals surface area (Å²) in [6, 6.07) is 10.5. The second kappa shape index (κ2) is 6.99. The Labute approximate surface area is 168 Å². The first kappa shape index (κ1) is 19.1. The molecular formula is C20H19N5O3S. The summed E-state index contributed by atoms with van der Waals surface area (Å²) in [6.07, 6.45) is 2.89. The quantitative estimate of drug-likeness (QED) is 0.670. The Balaban J connectivity index is 1.60. The third-order valence-corrected chi connectivity index (χ3v) is 6.38. The van der Waals surface area contributed by atoms with Crippen LogP contribution in [0.15, 0.2) is 47.4 Å². The number of aromatic amines is 1. The Morgan fingerprint density at radius 1 is 1.17 bits per heavy atom. The van der Waals surface area contributed by atoms with Crippen LogP contribution in [0, 0.1) is 13.5 Å². The lowest BCUT2D eigenvalue weighted by atomic mass is 9.95. The van der Waals surface area contributed by atoms with Gasteiger partial charge in [0.05, 0.1) is 18.4 Å². The van der Waals surface area contributed by atoms with Gasteiger partial charge < -0.3 is 0 Å². The van der Waals surface area contributed by atoms with Crippen LogP contribution in [0.4, 0.5) is 5.69 Å². The topological polar surface area (TPSA) is 92.4 Å². The van der Waals surface area contributed by atoms with Crippen molar-refractivity contribution < 1.29 is 8.42 Å². The average molecular weight is 409 g/mol. The number of sulfonamides is 1. The van der Waals surface area contributed by atoms with Gasteiger partial charge >= 0.3 is 0 Å². The molecule has 0 saturated carbocycles. The van der Waals surface area contributed by atoms with E-state index in [1.807, 2.05) is 13.0 Å². The van der Waals surface area contributed by atoms with Gasteiger partial charge in [-0.1, -0.05) is 30.3 Å². The number of H-pyrrole nitrogens is 1. The first-order chi connectivity index (χ1) is 13.8. The Morgan fingerprint density at radius 3 is 2.41 bits per heavy atom. The van der Waals surface area contributed by atoms with Crippen LogP contribution in [0.25, 0.3) is 21.8 Å². The van der Waals surface area contributed by atoms with Crippen molar-refractivity contribution in [1.82, 2.24) is 19.1 Å². The summed E-state index contributed by atoms with van der Waals surface area (Å²) in [6.45, 7) is 9.76. The summed E-state index contributed by atoms with van der Waals surface area (Å²) >= 11 is 0. The fourth-order valence-electron chi connectivity index (χ4n) is 3.44. The van der Waals surface area contributed by atoms with Crippen LogP contribution in [0.5, 0.6) is 0 Å². The molecule has 0 amide bonds. The van der Waals surface area contributed by atoms with E-state index in [-0.39, 0.29) is 11.5 Å². The maximum Gasteiger partial charge on any atom is 0.280 e. The highest BCUT2D eigenvalue weighted by Gasteiger charge is 2.34. The van der Waals surface area contributed by atoms with Crippen molar-refractivity contribution in [2.45, 2.75) is 12.8 Å². The Hall–Kier alpha value is -3.22. The first-order valence-corrected chi connectivity index (χ1v) is 10.8. The molecule has 1 fully saturated rings. The van der Waals surface area contributed by atoms with Crippen molar-refractivity contribution in [2.24, 2.45) is 0 Å². The van der Waals surface area contributed by atoms with E-state index in [0.29, 0.717) is 35.9 Å². The molecule has 8 nitrogen and oxygen atoms in total. The molecule has 29 heavy (non-hydrogen) atoms. The zero-order valence-electron chi connectivity index (χ0n) is 16.0. The second-order valence-electron chi connectivity index (χ2n) is 7.14. The standard InChI is InChI=1S/C20H19N5O3S/c1-13-19(14-4-7-17(21-2)8-5-14)20(26)25(23-13)18-9-6-15(10-22-18)16-11-24(12-16)29(3,27)28/h4-10,16,23H,11-12H2,1,3H3. The van der Waals surface area contributed by atoms with Crippen LogP contribution in [0.1, 0.15) is 17.2 Å². The molecule has 0 atom stereocenters. The Kier molecular flexibility index (Phi) is 4.61. The van der Waals surface area contributed by atoms with Gasteiger partial charge in [-0.25, -0.2) is 27.2 Å². The molecule has 4 rings (SSSR count). The third-order valence-electron chi connectivity index (χ3n) is 5.14. The van der Waals surface area contributed by atoms with Gasteiger partial charge in [-0.15, -0.1) is 0 Å². The molecule has 0 radical (unpaired) electrons. The van der Waals surface area contributed by atoms with Crippen molar-refractivity contribution >= 4 is 15.7 Å². The van der Waals surface area contributed by atoms with Crippen molar-refractivity contribution in [3.8, 4) is 16.9 Å². The Morgan fingerprint density at radius 2 is 1.86 bits per heavy atom. The molecule has 3 heterocycles. The number of pyridine rings is 1. The highest BCUT2D eigenvalue weighted by molar-refractivity contribution is 7.88. The van der Waals surface area contributed by atoms with E-state index < -0.39 is 10.0 Å². The highest BCUT2D eigenvalue weighted by atomic mass is 32.2. The lowest BCUT2D eigenvalue weighted by Crippen LogP contribution is -2.47. The Bertz CT molecular complexity index is 1260. The maximum atomic E-state index is 12.9. The van der Waals surface area contributed by atoms with Crippen molar-refractivity contribution in [1.29, 1.82) is 0 Å². The number of benzene rings is 1. The van der Waals surface area contributed by atoms with Gasteiger partial charge in [0.25, 0.3) is 5.56 Å². The van der Waals surface area contributed by atoms with Gasteiger partial charge in [0, 0.05) is 30.9 Å². The smallest absolute Gasteiger partial charge is 0.280 e. The number of nitrogens with zero attached hydrogens (tertiary/aromatic N) is 4. The fourth-order valence-corrected chi connectivity index (χ4v) is 4.34. The predicted molar refractivity (Wildman–Crippen MR) is 110 cm³/mol. The van der Waals surface area contributed by atoms with E-state index in [1.54, 1.807) is 36.5 Å². The van der Waals surface area contributed by atoms with E-state index in [9.17, 15) is 13.2 Å². The molecular weight excluding hydrogens is 390 g/mol. The zero-order valence-corrected chi connectivity index (χ0v) is 16.8. The first-order valence-electron chi connectivity index (χ1n) is 8.99. The van der Waals surface area contributed by atoms with Crippen molar-refractivity contribution in [3.63, 3.8) is 0 Å². The summed E-state index contributed by atoms with van der Waals surface area (Å²) < 4.78 is 25.8. The molecule has 2 aromatic heterocycles. The second-order valence-corrected chi connectivity index (χ2v) is 9.12. The molecule has 0 unspecified atom stereocenters. The summed E-state index contributed by atoms with van der Waals surface area (Å²) in [5.74, 6) is 0.579. The number of nitrogens with one attached hydrogen (secondary N) is 1. The molecule has 1 N–H and O–H groups in total. The van der Waals surface area contributed by atoms with Gasteiger partial charge in [0.15, 0.2) is 11.5 Å². The normalized spacial score (nSPS) is 15.1. The molecule has 1 aliphatic heterocycles. The minimum absolute atomic E-state index is 0.116. The lowest BCUT2D eigenvalue weighted by Gasteiger charge is -2.37. The number of hydrogen-bond acceptors (Lipinski definition) is 4. The summed E-state index contributed by atoms with van der Waals surface area (Å²) in [4.78, 5) is 20.7. The molecule has 1 aliphatic rings. The largest absolute Gasteiger partial charge is 0.293 e. The molecule has 9 heteroatoms. The number of rotatable bonds is 4. The van der Waals surface area contributed by atoms with Gasteiger partial charge in [0.2, 0.25) is 10.0 Å². The molecule has 1 saturated heterocycles. The van der Waals surface area contributed by atoms with Gasteiger partial charge in [0.1, 0.15) is 0 Å². The molecule has 1 aromatic carbocycles. The van der Waals surface area contributed by atoms with E-state index in [4.69, 9.17) is 6.57 Å². The lowest BCUT2D eigenvalue weighted by molar-refractivity contribution is 0.265. The van der Waals surface area contributed by atoms with E-state index in [0.717, 1.165) is 11.1 Å². The van der Waals surface area contributed by atoms with E-state index in [1.165, 1.54) is 15.2 Å². The highest BCUT2D eigenvalue weighted by Crippen LogP contribution is 2.29. The predicted octanol–water partition coefficient (Wildman–Crippen LogP) is 2.45. The number of hydrogen-bond donors (Lipinski definition) is 1. The third kappa shape index (κ3) is 3.48. The van der Waals surface area contributed by atoms with Crippen LogP contribution >= 0.6 is 0 Å². The minimum Gasteiger partial charge on any atom is -0.293 e. The summed E-state index contributed by atoms with van der Waals surface area (Å²) in [7, 11) is -3.15. The fraction of sp³-hybridized carbons (Fsp3) is 0.250.